The third-order valence-corrected chi connectivity index (χ3v) is 6.68. The second-order valence-corrected chi connectivity index (χ2v) is 9.47. The van der Waals surface area contributed by atoms with Crippen LogP contribution in [0, 0.1) is 20.8 Å². The van der Waals surface area contributed by atoms with Crippen molar-refractivity contribution in [3.05, 3.63) is 98.0 Å². The van der Waals surface area contributed by atoms with Gasteiger partial charge in [-0.1, -0.05) is 42.5 Å². The summed E-state index contributed by atoms with van der Waals surface area (Å²) >= 11 is 0. The van der Waals surface area contributed by atoms with Crippen molar-refractivity contribution in [3.63, 3.8) is 0 Å². The number of H-pyrrole nitrogens is 1. The Kier molecular flexibility index (Phi) is 8.18. The minimum absolute atomic E-state index is 0.163. The number of allylic oxidation sites excluding steroid dienone is 1. The van der Waals surface area contributed by atoms with Gasteiger partial charge in [0.15, 0.2) is 0 Å². The standard InChI is InChI=1S/C30H35N3O3/c1-5-6-26-21(3)16-25(24-9-7-23(8-10-24)19-33-11-13-36-14-12-33)17-27(26)29(34)31-18-28-20(2)15-22(4)32-30(28)35/h5-10,15-17H,11-14,18-19H2,1-4H3,(H,31,34)(H,32,35)/b6-5-. The van der Waals surface area contributed by atoms with Crippen LogP contribution in [0.3, 0.4) is 0 Å². The van der Waals surface area contributed by atoms with Gasteiger partial charge >= 0.3 is 0 Å². The fourth-order valence-electron chi connectivity index (χ4n) is 4.73. The fraction of sp³-hybridized carbons (Fsp3) is 0.333. The monoisotopic (exact) mass is 485 g/mol. The van der Waals surface area contributed by atoms with Gasteiger partial charge < -0.3 is 15.0 Å². The van der Waals surface area contributed by atoms with E-state index in [1.54, 1.807) is 0 Å². The van der Waals surface area contributed by atoms with E-state index < -0.39 is 0 Å². The second-order valence-electron chi connectivity index (χ2n) is 9.47. The minimum atomic E-state index is -0.198. The molecular formula is C30H35N3O3. The van der Waals surface area contributed by atoms with Crippen LogP contribution in [0.2, 0.25) is 0 Å². The zero-order valence-electron chi connectivity index (χ0n) is 21.6. The van der Waals surface area contributed by atoms with Crippen molar-refractivity contribution in [1.29, 1.82) is 0 Å². The molecule has 1 saturated heterocycles. The van der Waals surface area contributed by atoms with Crippen LogP contribution in [0.1, 0.15) is 50.8 Å². The molecule has 36 heavy (non-hydrogen) atoms. The Labute approximate surface area is 213 Å². The molecule has 2 aromatic carbocycles. The van der Waals surface area contributed by atoms with Crippen molar-refractivity contribution in [3.8, 4) is 11.1 Å². The van der Waals surface area contributed by atoms with Crippen molar-refractivity contribution >= 4 is 12.0 Å². The van der Waals surface area contributed by atoms with Crippen LogP contribution < -0.4 is 10.9 Å². The number of aromatic nitrogens is 1. The molecule has 6 nitrogen and oxygen atoms in total. The molecule has 6 heteroatoms. The molecule has 0 unspecified atom stereocenters. The van der Waals surface area contributed by atoms with Crippen molar-refractivity contribution in [1.82, 2.24) is 15.2 Å². The topological polar surface area (TPSA) is 74.4 Å². The van der Waals surface area contributed by atoms with Gasteiger partial charge in [-0.15, -0.1) is 0 Å². The lowest BCUT2D eigenvalue weighted by atomic mass is 9.93. The summed E-state index contributed by atoms with van der Waals surface area (Å²) in [7, 11) is 0. The van der Waals surface area contributed by atoms with E-state index in [0.29, 0.717) is 11.1 Å². The molecule has 2 N–H and O–H groups in total. The van der Waals surface area contributed by atoms with Gasteiger partial charge in [-0.05, 0) is 73.2 Å². The van der Waals surface area contributed by atoms with Crippen LogP contribution >= 0.6 is 0 Å². The Morgan fingerprint density at radius 2 is 1.75 bits per heavy atom. The number of morpholine rings is 1. The highest BCUT2D eigenvalue weighted by Crippen LogP contribution is 2.27. The number of carbonyl (C=O) groups is 1. The summed E-state index contributed by atoms with van der Waals surface area (Å²) in [5, 5.41) is 2.97. The largest absolute Gasteiger partial charge is 0.379 e. The normalized spacial score (nSPS) is 14.3. The average Bonchev–Trinajstić information content (AvgIpc) is 2.85. The molecule has 0 aliphatic carbocycles. The maximum absolute atomic E-state index is 13.3. The first kappa shape index (κ1) is 25.6. The fourth-order valence-corrected chi connectivity index (χ4v) is 4.73. The molecule has 1 aliphatic rings. The minimum Gasteiger partial charge on any atom is -0.379 e. The van der Waals surface area contributed by atoms with E-state index in [9.17, 15) is 9.59 Å². The Morgan fingerprint density at radius 1 is 1.03 bits per heavy atom. The maximum Gasteiger partial charge on any atom is 0.253 e. The lowest BCUT2D eigenvalue weighted by molar-refractivity contribution is 0.0342. The average molecular weight is 486 g/mol. The van der Waals surface area contributed by atoms with E-state index in [1.165, 1.54) is 5.56 Å². The van der Waals surface area contributed by atoms with E-state index in [4.69, 9.17) is 4.74 Å². The third-order valence-electron chi connectivity index (χ3n) is 6.68. The summed E-state index contributed by atoms with van der Waals surface area (Å²) in [5.41, 5.74) is 7.92. The van der Waals surface area contributed by atoms with Gasteiger partial charge in [0, 0.05) is 43.0 Å². The van der Waals surface area contributed by atoms with Crippen LogP contribution in [0.15, 0.2) is 53.3 Å². The number of pyridine rings is 1. The molecule has 0 bridgehead atoms. The van der Waals surface area contributed by atoms with Crippen LogP contribution in [0.4, 0.5) is 0 Å². The summed E-state index contributed by atoms with van der Waals surface area (Å²) in [6, 6.07) is 14.5. The molecular weight excluding hydrogens is 450 g/mol. The highest BCUT2D eigenvalue weighted by Gasteiger charge is 2.16. The molecule has 1 amide bonds. The lowest BCUT2D eigenvalue weighted by Crippen LogP contribution is -2.35. The Morgan fingerprint density at radius 3 is 2.42 bits per heavy atom. The van der Waals surface area contributed by atoms with Crippen LogP contribution in [-0.4, -0.2) is 42.1 Å². The zero-order valence-corrected chi connectivity index (χ0v) is 21.6. The zero-order chi connectivity index (χ0) is 25.7. The first-order chi connectivity index (χ1) is 17.4. The summed E-state index contributed by atoms with van der Waals surface area (Å²) in [6.07, 6.45) is 3.90. The van der Waals surface area contributed by atoms with Crippen molar-refractivity contribution in [2.45, 2.75) is 40.8 Å². The molecule has 2 heterocycles. The molecule has 1 aromatic heterocycles. The van der Waals surface area contributed by atoms with E-state index >= 15 is 0 Å². The smallest absolute Gasteiger partial charge is 0.253 e. The van der Waals surface area contributed by atoms with Crippen molar-refractivity contribution in [2.24, 2.45) is 0 Å². The molecule has 0 saturated carbocycles. The van der Waals surface area contributed by atoms with Crippen molar-refractivity contribution in [2.75, 3.05) is 26.3 Å². The van der Waals surface area contributed by atoms with Gasteiger partial charge in [0.25, 0.3) is 11.5 Å². The van der Waals surface area contributed by atoms with Crippen LogP contribution in [0.5, 0.6) is 0 Å². The third kappa shape index (κ3) is 6.01. The highest BCUT2D eigenvalue weighted by molar-refractivity contribution is 5.99. The number of nitrogens with one attached hydrogen (secondary N) is 2. The Bertz CT molecular complexity index is 1320. The number of hydrogen-bond acceptors (Lipinski definition) is 4. The number of carbonyl (C=O) groups excluding carboxylic acids is 1. The molecule has 1 aliphatic heterocycles. The molecule has 4 rings (SSSR count). The number of benzene rings is 2. The van der Waals surface area contributed by atoms with Gasteiger partial charge in [-0.25, -0.2) is 0 Å². The first-order valence-corrected chi connectivity index (χ1v) is 12.5. The SMILES string of the molecule is C/C=C\c1c(C)cc(-c2ccc(CN3CCOCC3)cc2)cc1C(=O)NCc1c(C)cc(C)[nH]c1=O. The maximum atomic E-state index is 13.3. The van der Waals surface area contributed by atoms with Crippen LogP contribution in [0.25, 0.3) is 17.2 Å². The van der Waals surface area contributed by atoms with Gasteiger partial charge in [0.2, 0.25) is 0 Å². The van der Waals surface area contributed by atoms with Gasteiger partial charge in [-0.3, -0.25) is 14.5 Å². The second kappa shape index (κ2) is 11.5. The molecule has 0 radical (unpaired) electrons. The van der Waals surface area contributed by atoms with E-state index in [1.807, 2.05) is 52.0 Å². The van der Waals surface area contributed by atoms with E-state index in [0.717, 1.165) is 66.4 Å². The molecule has 0 spiro atoms. The molecule has 0 atom stereocenters. The highest BCUT2D eigenvalue weighted by atomic mass is 16.5. The summed E-state index contributed by atoms with van der Waals surface area (Å²) in [4.78, 5) is 31.0. The van der Waals surface area contributed by atoms with Crippen molar-refractivity contribution < 1.29 is 9.53 Å². The van der Waals surface area contributed by atoms with E-state index in [2.05, 4.69) is 45.5 Å². The number of aromatic amines is 1. The van der Waals surface area contributed by atoms with Gasteiger partial charge in [-0.2, -0.15) is 0 Å². The van der Waals surface area contributed by atoms with Gasteiger partial charge in [0.05, 0.1) is 13.2 Å². The Hall–Kier alpha value is -3.48. The number of rotatable bonds is 7. The predicted molar refractivity (Wildman–Crippen MR) is 145 cm³/mol. The number of nitrogens with zero attached hydrogens (tertiary/aromatic N) is 1. The number of aryl methyl sites for hydroxylation is 3. The number of amides is 1. The summed E-state index contributed by atoms with van der Waals surface area (Å²) in [5.74, 6) is -0.198. The predicted octanol–water partition coefficient (Wildman–Crippen LogP) is 4.76. The summed E-state index contributed by atoms with van der Waals surface area (Å²) < 4.78 is 5.45. The summed E-state index contributed by atoms with van der Waals surface area (Å²) in [6.45, 7) is 12.3. The van der Waals surface area contributed by atoms with Crippen LogP contribution in [-0.2, 0) is 17.8 Å². The first-order valence-electron chi connectivity index (χ1n) is 12.5. The number of ether oxygens (including phenoxy) is 1. The Balaban J connectivity index is 1.58. The molecule has 3 aromatic rings. The van der Waals surface area contributed by atoms with E-state index in [-0.39, 0.29) is 18.0 Å². The van der Waals surface area contributed by atoms with Gasteiger partial charge in [0.1, 0.15) is 0 Å². The lowest BCUT2D eigenvalue weighted by Gasteiger charge is -2.26. The quantitative estimate of drug-likeness (QED) is 0.506. The number of hydrogen-bond donors (Lipinski definition) is 2. The molecule has 188 valence electrons. The molecule has 1 fully saturated rings.